The Morgan fingerprint density at radius 1 is 0.897 bits per heavy atom. The third-order valence-corrected chi connectivity index (χ3v) is 12.0. The van der Waals surface area contributed by atoms with Gasteiger partial charge in [-0.25, -0.2) is 14.2 Å². The Kier molecular flexibility index (Phi) is 11.4. The van der Waals surface area contributed by atoms with Crippen LogP contribution in [0.15, 0.2) is 36.5 Å². The molecule has 5 fully saturated rings. The maximum Gasteiger partial charge on any atom is 0.320 e. The summed E-state index contributed by atoms with van der Waals surface area (Å²) < 4.78 is 15.7. The number of anilines is 6. The molecule has 0 aliphatic carbocycles. The van der Waals surface area contributed by atoms with Crippen molar-refractivity contribution in [1.82, 2.24) is 40.2 Å². The maximum atomic E-state index is 15.7. The van der Waals surface area contributed by atoms with Gasteiger partial charge in [0.25, 0.3) is 5.91 Å². The van der Waals surface area contributed by atoms with Gasteiger partial charge in [0.2, 0.25) is 17.8 Å². The number of carbonyl (C=O) groups excluding carboxylic acids is 4. The number of piperidine rings is 3. The third kappa shape index (κ3) is 8.68. The van der Waals surface area contributed by atoms with Crippen molar-refractivity contribution < 1.29 is 23.6 Å². The van der Waals surface area contributed by atoms with Crippen molar-refractivity contribution in [3.63, 3.8) is 0 Å². The van der Waals surface area contributed by atoms with Crippen LogP contribution in [0.25, 0.3) is 0 Å². The lowest BCUT2D eigenvalue weighted by Crippen LogP contribution is -2.49. The van der Waals surface area contributed by atoms with Crippen LogP contribution >= 0.6 is 0 Å². The van der Waals surface area contributed by atoms with Gasteiger partial charge in [0.1, 0.15) is 17.7 Å². The van der Waals surface area contributed by atoms with Crippen LogP contribution in [0.1, 0.15) is 49.0 Å². The number of nitrogens with two attached hydrogens (primary N) is 1. The van der Waals surface area contributed by atoms with Gasteiger partial charge in [-0.15, -0.1) is 10.2 Å². The quantitative estimate of drug-likeness (QED) is 0.205. The van der Waals surface area contributed by atoms with Crippen LogP contribution in [0, 0.1) is 11.7 Å². The zero-order chi connectivity index (χ0) is 40.3. The smallest absolute Gasteiger partial charge is 0.320 e. The largest absolute Gasteiger partial charge is 0.372 e. The van der Waals surface area contributed by atoms with E-state index in [2.05, 4.69) is 50.8 Å². The van der Waals surface area contributed by atoms with Crippen molar-refractivity contribution in [3.05, 3.63) is 48.0 Å². The summed E-state index contributed by atoms with van der Waals surface area (Å²) in [4.78, 5) is 70.1. The molecule has 5 amide bonds. The molecule has 0 bridgehead atoms. The molecule has 5 N–H and O–H groups in total. The summed E-state index contributed by atoms with van der Waals surface area (Å²) in [5.41, 5.74) is 7.15. The van der Waals surface area contributed by atoms with Gasteiger partial charge in [-0.1, -0.05) is 0 Å². The topological polar surface area (TPSA) is 201 Å². The van der Waals surface area contributed by atoms with Gasteiger partial charge in [-0.3, -0.25) is 24.6 Å². The number of nitrogens with zero attached hydrogens (tertiary/aromatic N) is 10. The highest BCUT2D eigenvalue weighted by atomic mass is 19.1. The molecule has 308 valence electrons. The Bertz CT molecular complexity index is 2010. The molecule has 0 radical (unpaired) electrons. The number of primary amides is 1. The standard InChI is InChI=1S/C39H51FN14O4/c1-49-15-20-54(39(49)58)28-3-2-12-53(24-28)38-46-36(34(35(41)56)47-48-38)44-26-4-7-31(29(40)21-26)51-18-16-50(17-19-51)23-25-10-13-52(14-11-25)32-8-5-27(22-42-32)43-30-6-9-33(55)45-37(30)57/h4-5,7-8,21-22,25,28,30,43H,2-3,6,9-20,23-24H2,1H3,(H2,41,56)(H,44,46,48)(H,45,55,57)/t28-,30?/m1/s1. The molecule has 0 saturated carbocycles. The molecule has 1 aromatic carbocycles. The highest BCUT2D eigenvalue weighted by Gasteiger charge is 2.35. The van der Waals surface area contributed by atoms with Crippen LogP contribution in [-0.4, -0.2) is 150 Å². The van der Waals surface area contributed by atoms with E-state index in [9.17, 15) is 19.2 Å². The van der Waals surface area contributed by atoms with Gasteiger partial charge in [-0.05, 0) is 68.4 Å². The highest BCUT2D eigenvalue weighted by Crippen LogP contribution is 2.30. The summed E-state index contributed by atoms with van der Waals surface area (Å²) in [7, 11) is 1.80. The summed E-state index contributed by atoms with van der Waals surface area (Å²) in [6.45, 7) is 8.46. The summed E-state index contributed by atoms with van der Waals surface area (Å²) in [5.74, 6) is 0.145. The summed E-state index contributed by atoms with van der Waals surface area (Å²) in [5, 5.41) is 16.9. The highest BCUT2D eigenvalue weighted by molar-refractivity contribution is 6.01. The van der Waals surface area contributed by atoms with Gasteiger partial charge in [0.15, 0.2) is 11.5 Å². The Labute approximate surface area is 336 Å². The maximum absolute atomic E-state index is 15.7. The van der Waals surface area contributed by atoms with Crippen LogP contribution in [-0.2, 0) is 9.59 Å². The lowest BCUT2D eigenvalue weighted by Gasteiger charge is -2.40. The van der Waals surface area contributed by atoms with Crippen molar-refractivity contribution in [2.75, 3.05) is 104 Å². The molecule has 5 aliphatic heterocycles. The van der Waals surface area contributed by atoms with Gasteiger partial charge >= 0.3 is 6.03 Å². The van der Waals surface area contributed by atoms with Crippen LogP contribution in [0.3, 0.4) is 0 Å². The van der Waals surface area contributed by atoms with Gasteiger partial charge in [-0.2, -0.15) is 4.98 Å². The van der Waals surface area contributed by atoms with Crippen LogP contribution in [0.2, 0.25) is 0 Å². The van der Waals surface area contributed by atoms with E-state index in [1.54, 1.807) is 30.3 Å². The number of halogens is 1. The first-order valence-corrected chi connectivity index (χ1v) is 20.2. The van der Waals surface area contributed by atoms with Gasteiger partial charge in [0.05, 0.1) is 23.6 Å². The number of piperazine rings is 1. The average molecular weight is 799 g/mol. The van der Waals surface area contributed by atoms with Crippen molar-refractivity contribution in [2.45, 2.75) is 50.6 Å². The Hall–Kier alpha value is -5.85. The summed E-state index contributed by atoms with van der Waals surface area (Å²) in [6.07, 6.45) is 6.36. The Morgan fingerprint density at radius 3 is 2.38 bits per heavy atom. The number of carbonyl (C=O) groups is 4. The third-order valence-electron chi connectivity index (χ3n) is 12.0. The average Bonchev–Trinajstić information content (AvgIpc) is 3.57. The van der Waals surface area contributed by atoms with E-state index >= 15 is 4.39 Å². The van der Waals surface area contributed by atoms with E-state index in [1.807, 2.05) is 21.9 Å². The second kappa shape index (κ2) is 16.9. The minimum atomic E-state index is -0.804. The molecule has 58 heavy (non-hydrogen) atoms. The van der Waals surface area contributed by atoms with E-state index in [0.717, 1.165) is 69.9 Å². The molecule has 5 aliphatic rings. The normalized spacial score (nSPS) is 22.4. The predicted molar refractivity (Wildman–Crippen MR) is 216 cm³/mol. The van der Waals surface area contributed by atoms with E-state index in [0.29, 0.717) is 75.4 Å². The van der Waals surface area contributed by atoms with E-state index in [1.165, 1.54) is 6.07 Å². The fourth-order valence-corrected chi connectivity index (χ4v) is 8.65. The lowest BCUT2D eigenvalue weighted by molar-refractivity contribution is -0.133. The fraction of sp³-hybridized carbons (Fsp3) is 0.538. The number of hydrogen-bond donors (Lipinski definition) is 4. The molecular weight excluding hydrogens is 748 g/mol. The SMILES string of the molecule is CN1CCN([C@@H]2CCCN(c3nnc(C(N)=O)c(Nc4ccc(N5CCN(CC6CCN(c7ccc(NC8CCC(=O)NC8=O)cn7)CC6)CC5)c(F)c4)n3)C2)C1=O. The second-order valence-electron chi connectivity index (χ2n) is 15.9. The first-order valence-electron chi connectivity index (χ1n) is 20.2. The molecular formula is C39H51FN14O4. The van der Waals surface area contributed by atoms with E-state index in [4.69, 9.17) is 5.73 Å². The number of hydrogen-bond acceptors (Lipinski definition) is 14. The zero-order valence-electron chi connectivity index (χ0n) is 32.8. The predicted octanol–water partition coefficient (Wildman–Crippen LogP) is 1.84. The molecule has 0 spiro atoms. The fourth-order valence-electron chi connectivity index (χ4n) is 8.65. The number of rotatable bonds is 11. The summed E-state index contributed by atoms with van der Waals surface area (Å²) in [6, 6.07) is 8.39. The number of imide groups is 1. The van der Waals surface area contributed by atoms with Crippen LogP contribution < -0.4 is 36.4 Å². The number of nitrogens with one attached hydrogen (secondary N) is 3. The van der Waals surface area contributed by atoms with Crippen molar-refractivity contribution in [2.24, 2.45) is 11.7 Å². The summed E-state index contributed by atoms with van der Waals surface area (Å²) >= 11 is 0. The number of aromatic nitrogens is 4. The number of amides is 5. The molecule has 2 atom stereocenters. The van der Waals surface area contributed by atoms with Gasteiger partial charge in [0, 0.05) is 91.1 Å². The molecule has 5 saturated heterocycles. The molecule has 8 rings (SSSR count). The van der Waals surface area contributed by atoms with Crippen LogP contribution in [0.5, 0.6) is 0 Å². The molecule has 18 nitrogen and oxygen atoms in total. The Balaban J connectivity index is 0.812. The molecule has 19 heteroatoms. The zero-order valence-corrected chi connectivity index (χ0v) is 32.8. The number of likely N-dealkylation sites (N-methyl/N-ethyl adjacent to an activating group) is 1. The van der Waals surface area contributed by atoms with Crippen molar-refractivity contribution >= 4 is 58.4 Å². The van der Waals surface area contributed by atoms with E-state index in [-0.39, 0.29) is 41.2 Å². The Morgan fingerprint density at radius 2 is 1.69 bits per heavy atom. The van der Waals surface area contributed by atoms with Crippen LogP contribution in [0.4, 0.5) is 43.8 Å². The molecule has 7 heterocycles. The van der Waals surface area contributed by atoms with Gasteiger partial charge < -0.3 is 40.9 Å². The van der Waals surface area contributed by atoms with E-state index < -0.39 is 11.9 Å². The van der Waals surface area contributed by atoms with Crippen molar-refractivity contribution in [1.29, 1.82) is 0 Å². The lowest BCUT2D eigenvalue weighted by atomic mass is 9.96. The van der Waals surface area contributed by atoms with Crippen molar-refractivity contribution in [3.8, 4) is 0 Å². The second-order valence-corrected chi connectivity index (χ2v) is 15.9. The number of pyridine rings is 1. The number of benzene rings is 1. The molecule has 1 unspecified atom stereocenters. The first kappa shape index (κ1) is 39.0. The molecule has 2 aromatic heterocycles. The minimum Gasteiger partial charge on any atom is -0.372 e. The molecule has 3 aromatic rings. The minimum absolute atomic E-state index is 0.0115. The number of urea groups is 1. The monoisotopic (exact) mass is 798 g/mol. The first-order chi connectivity index (χ1) is 28.1.